The molecule has 1 amide bonds. The lowest BCUT2D eigenvalue weighted by Gasteiger charge is -2.33. The molecule has 0 spiro atoms. The van der Waals surface area contributed by atoms with E-state index in [4.69, 9.17) is 4.42 Å². The molecule has 1 aliphatic rings. The Bertz CT molecular complexity index is 1100. The zero-order valence-corrected chi connectivity index (χ0v) is 14.3. The van der Waals surface area contributed by atoms with Crippen molar-refractivity contribution in [3.63, 3.8) is 0 Å². The van der Waals surface area contributed by atoms with Crippen molar-refractivity contribution in [2.24, 2.45) is 0 Å². The summed E-state index contributed by atoms with van der Waals surface area (Å²) in [5, 5.41) is 0.398. The normalized spacial score (nSPS) is 16.8. The number of halogens is 1. The molecule has 6 nitrogen and oxygen atoms in total. The third-order valence-electron chi connectivity index (χ3n) is 4.63. The topological polar surface area (TPSA) is 75.0 Å². The lowest BCUT2D eigenvalue weighted by atomic mass is 10.00. The van der Waals surface area contributed by atoms with Crippen LogP contribution < -0.4 is 0 Å². The summed E-state index contributed by atoms with van der Waals surface area (Å²) in [6.45, 7) is 0.510. The monoisotopic (exact) mass is 368 g/mol. The molecule has 5 rings (SSSR count). The number of hydrogen-bond acceptors (Lipinski definition) is 5. The van der Waals surface area contributed by atoms with Crippen LogP contribution in [0.5, 0.6) is 0 Å². The Kier molecular flexibility index (Phi) is 3.39. The van der Waals surface area contributed by atoms with E-state index in [2.05, 4.69) is 15.0 Å². The van der Waals surface area contributed by atoms with Crippen molar-refractivity contribution in [3.8, 4) is 0 Å². The number of rotatable bonds is 2. The van der Waals surface area contributed by atoms with Crippen LogP contribution in [0.1, 0.15) is 32.9 Å². The molecule has 0 aliphatic carbocycles. The van der Waals surface area contributed by atoms with Crippen molar-refractivity contribution in [1.82, 2.24) is 19.9 Å². The second kappa shape index (κ2) is 5.77. The summed E-state index contributed by atoms with van der Waals surface area (Å²) >= 11 is 1.29. The zero-order chi connectivity index (χ0) is 17.7. The van der Waals surface area contributed by atoms with Crippen molar-refractivity contribution < 1.29 is 13.6 Å². The van der Waals surface area contributed by atoms with Gasteiger partial charge in [-0.25, -0.2) is 9.37 Å². The molecule has 8 heteroatoms. The van der Waals surface area contributed by atoms with E-state index in [1.807, 2.05) is 0 Å². The predicted octanol–water partition coefficient (Wildman–Crippen LogP) is 3.54. The lowest BCUT2D eigenvalue weighted by Crippen LogP contribution is -2.40. The van der Waals surface area contributed by atoms with Crippen LogP contribution in [0.2, 0.25) is 0 Å². The summed E-state index contributed by atoms with van der Waals surface area (Å²) in [6.07, 6.45) is 3.84. The van der Waals surface area contributed by atoms with Crippen LogP contribution in [0.4, 0.5) is 4.39 Å². The molecule has 1 N–H and O–H groups in total. The number of carbonyl (C=O) groups excluding carboxylic acids is 1. The molecule has 0 saturated carbocycles. The molecule has 4 heterocycles. The Hall–Kier alpha value is -3.00. The number of nitrogens with zero attached hydrogens (tertiary/aromatic N) is 3. The van der Waals surface area contributed by atoms with Crippen molar-refractivity contribution in [2.45, 2.75) is 12.5 Å². The van der Waals surface area contributed by atoms with Gasteiger partial charge in [-0.1, -0.05) is 6.07 Å². The van der Waals surface area contributed by atoms with Crippen LogP contribution in [0.15, 0.2) is 46.7 Å². The van der Waals surface area contributed by atoms with E-state index < -0.39 is 6.04 Å². The number of nitrogens with one attached hydrogen (secondary N) is 1. The van der Waals surface area contributed by atoms with Crippen LogP contribution in [-0.2, 0) is 6.42 Å². The maximum Gasteiger partial charge on any atom is 0.266 e. The number of fused-ring (bicyclic) bond motifs is 2. The minimum atomic E-state index is -0.508. The molecule has 1 aliphatic heterocycles. The number of furan rings is 1. The molecular weight excluding hydrogens is 355 g/mol. The molecule has 26 heavy (non-hydrogen) atoms. The van der Waals surface area contributed by atoms with Gasteiger partial charge in [-0.15, -0.1) is 11.3 Å². The van der Waals surface area contributed by atoms with Gasteiger partial charge in [0.05, 0.1) is 29.1 Å². The molecule has 0 bridgehead atoms. The smallest absolute Gasteiger partial charge is 0.266 e. The van der Waals surface area contributed by atoms with Crippen LogP contribution in [0.25, 0.3) is 11.0 Å². The van der Waals surface area contributed by atoms with Gasteiger partial charge in [0.1, 0.15) is 28.1 Å². The van der Waals surface area contributed by atoms with Crippen LogP contribution >= 0.6 is 11.3 Å². The van der Waals surface area contributed by atoms with Crippen molar-refractivity contribution >= 4 is 28.2 Å². The van der Waals surface area contributed by atoms with E-state index in [0.29, 0.717) is 34.6 Å². The Morgan fingerprint density at radius 1 is 1.42 bits per heavy atom. The lowest BCUT2D eigenvalue weighted by molar-refractivity contribution is 0.0677. The molecule has 0 radical (unpaired) electrons. The Morgan fingerprint density at radius 3 is 3.15 bits per heavy atom. The average molecular weight is 368 g/mol. The largest absolute Gasteiger partial charge is 0.458 e. The molecule has 0 unspecified atom stereocenters. The highest BCUT2D eigenvalue weighted by Crippen LogP contribution is 2.37. The van der Waals surface area contributed by atoms with E-state index in [-0.39, 0.29) is 11.7 Å². The average Bonchev–Trinajstić information content (AvgIpc) is 3.39. The van der Waals surface area contributed by atoms with Gasteiger partial charge >= 0.3 is 0 Å². The van der Waals surface area contributed by atoms with Gasteiger partial charge in [-0.05, 0) is 18.2 Å². The van der Waals surface area contributed by atoms with Crippen molar-refractivity contribution in [1.29, 1.82) is 0 Å². The Labute approximate surface area is 151 Å². The van der Waals surface area contributed by atoms with Gasteiger partial charge in [0.25, 0.3) is 5.91 Å². The van der Waals surface area contributed by atoms with E-state index in [0.717, 1.165) is 11.4 Å². The molecule has 3 aromatic heterocycles. The van der Waals surface area contributed by atoms with E-state index in [1.54, 1.807) is 41.1 Å². The molecule has 0 fully saturated rings. The van der Waals surface area contributed by atoms with E-state index in [9.17, 15) is 9.18 Å². The second-order valence-electron chi connectivity index (χ2n) is 6.08. The molecule has 1 atom stereocenters. The van der Waals surface area contributed by atoms with Gasteiger partial charge in [-0.3, -0.25) is 9.78 Å². The number of amides is 1. The van der Waals surface area contributed by atoms with Crippen LogP contribution in [-0.4, -0.2) is 32.3 Å². The number of benzene rings is 1. The van der Waals surface area contributed by atoms with E-state index >= 15 is 0 Å². The number of aromatic amines is 1. The number of thiazole rings is 1. The number of carbonyl (C=O) groups is 1. The minimum absolute atomic E-state index is 0.132. The van der Waals surface area contributed by atoms with Crippen molar-refractivity contribution in [3.05, 3.63) is 70.1 Å². The van der Waals surface area contributed by atoms with E-state index in [1.165, 1.54) is 17.4 Å². The number of H-pyrrole nitrogens is 1. The summed E-state index contributed by atoms with van der Waals surface area (Å²) in [5.41, 5.74) is 3.77. The zero-order valence-electron chi connectivity index (χ0n) is 13.5. The molecule has 1 aromatic carbocycles. The molecular formula is C18H13FN4O2S. The maximum absolute atomic E-state index is 14.1. The standard InChI is InChI=1S/C18H13FN4O2S/c19-11-2-1-3-13-10(11)6-14(25-13)17-16-12(21-8-22-16)4-5-23(17)18(24)15-7-20-9-26-15/h1-3,6-9,17H,4-5H2,(H,21,22)/t17-/m0/s1. The van der Waals surface area contributed by atoms with Crippen LogP contribution in [0, 0.1) is 5.82 Å². The SMILES string of the molecule is O=C(c1cncs1)N1CCc2[nH]cnc2[C@@H]1c1cc2c(F)cccc2o1. The Morgan fingerprint density at radius 2 is 2.35 bits per heavy atom. The third kappa shape index (κ3) is 2.26. The first kappa shape index (κ1) is 15.3. The fourth-order valence-electron chi connectivity index (χ4n) is 3.43. The first-order valence-electron chi connectivity index (χ1n) is 8.12. The van der Waals surface area contributed by atoms with Gasteiger partial charge < -0.3 is 14.3 Å². The summed E-state index contributed by atoms with van der Waals surface area (Å²) < 4.78 is 20.0. The summed E-state index contributed by atoms with van der Waals surface area (Å²) in [4.78, 5) is 26.8. The molecule has 4 aromatic rings. The Balaban J connectivity index is 1.66. The highest BCUT2D eigenvalue weighted by molar-refractivity contribution is 7.11. The van der Waals surface area contributed by atoms with Crippen molar-refractivity contribution in [2.75, 3.05) is 6.54 Å². The summed E-state index contributed by atoms with van der Waals surface area (Å²) in [6, 6.07) is 5.86. The minimum Gasteiger partial charge on any atom is -0.458 e. The number of aromatic nitrogens is 3. The number of hydrogen-bond donors (Lipinski definition) is 1. The fraction of sp³-hybridized carbons (Fsp3) is 0.167. The highest BCUT2D eigenvalue weighted by atomic mass is 32.1. The maximum atomic E-state index is 14.1. The summed E-state index contributed by atoms with van der Waals surface area (Å²) in [5.74, 6) is 0.0130. The highest BCUT2D eigenvalue weighted by Gasteiger charge is 2.37. The predicted molar refractivity (Wildman–Crippen MR) is 93.5 cm³/mol. The summed E-state index contributed by atoms with van der Waals surface area (Å²) in [7, 11) is 0. The van der Waals surface area contributed by atoms with Gasteiger partial charge in [-0.2, -0.15) is 0 Å². The molecule has 130 valence electrons. The quantitative estimate of drug-likeness (QED) is 0.587. The van der Waals surface area contributed by atoms with Gasteiger partial charge in [0, 0.05) is 18.7 Å². The van der Waals surface area contributed by atoms with Gasteiger partial charge in [0.15, 0.2) is 0 Å². The molecule has 0 saturated heterocycles. The number of imidazole rings is 1. The third-order valence-corrected chi connectivity index (χ3v) is 5.39. The second-order valence-corrected chi connectivity index (χ2v) is 6.97. The van der Waals surface area contributed by atoms with Gasteiger partial charge in [0.2, 0.25) is 0 Å². The first-order chi connectivity index (χ1) is 12.7. The van der Waals surface area contributed by atoms with Crippen LogP contribution in [0.3, 0.4) is 0 Å². The first-order valence-corrected chi connectivity index (χ1v) is 9.00. The fourth-order valence-corrected chi connectivity index (χ4v) is 4.00.